The highest BCUT2D eigenvalue weighted by Gasteiger charge is 2.17. The Labute approximate surface area is 200 Å². The lowest BCUT2D eigenvalue weighted by Gasteiger charge is -2.10. The van der Waals surface area contributed by atoms with Crippen LogP contribution in [0.5, 0.6) is 0 Å². The number of hydrogen-bond donors (Lipinski definition) is 2. The maximum absolute atomic E-state index is 14.5. The molecule has 0 saturated heterocycles. The maximum atomic E-state index is 14.5. The third-order valence-corrected chi connectivity index (χ3v) is 5.94. The van der Waals surface area contributed by atoms with E-state index in [0.717, 1.165) is 39.7 Å². The number of nitrogens with one attached hydrogen (secondary N) is 2. The van der Waals surface area contributed by atoms with Crippen molar-refractivity contribution in [1.82, 2.24) is 35.0 Å². The molecule has 0 saturated carbocycles. The largest absolute Gasteiger partial charge is 0.336 e. The molecule has 6 aromatic rings. The lowest BCUT2D eigenvalue weighted by Crippen LogP contribution is -2.10. The number of rotatable bonds is 5. The van der Waals surface area contributed by atoms with Crippen LogP contribution in [0, 0.1) is 5.82 Å². The Morgan fingerprint density at radius 3 is 2.66 bits per heavy atom. The van der Waals surface area contributed by atoms with Gasteiger partial charge in [0, 0.05) is 41.6 Å². The molecule has 0 radical (unpaired) electrons. The van der Waals surface area contributed by atoms with Gasteiger partial charge in [-0.05, 0) is 61.6 Å². The van der Waals surface area contributed by atoms with E-state index in [4.69, 9.17) is 4.98 Å². The Bertz CT molecular complexity index is 1680. The highest BCUT2D eigenvalue weighted by molar-refractivity contribution is 5.97. The maximum Gasteiger partial charge on any atom is 0.159 e. The number of nitrogens with zero attached hydrogens (tertiary/aromatic N) is 5. The molecular weight excluding hydrogens is 441 g/mol. The van der Waals surface area contributed by atoms with Crippen molar-refractivity contribution in [3.05, 3.63) is 84.6 Å². The normalized spacial score (nSPS) is 11.7. The lowest BCUT2D eigenvalue weighted by atomic mass is 10.0. The van der Waals surface area contributed by atoms with Crippen molar-refractivity contribution in [3.8, 4) is 33.9 Å². The Kier molecular flexibility index (Phi) is 5.08. The van der Waals surface area contributed by atoms with Crippen LogP contribution in [-0.2, 0) is 6.54 Å². The van der Waals surface area contributed by atoms with E-state index in [-0.39, 0.29) is 5.82 Å². The van der Waals surface area contributed by atoms with Crippen molar-refractivity contribution < 1.29 is 4.39 Å². The van der Waals surface area contributed by atoms with E-state index < -0.39 is 0 Å². The van der Waals surface area contributed by atoms with Gasteiger partial charge in [0.25, 0.3) is 0 Å². The Morgan fingerprint density at radius 2 is 1.80 bits per heavy atom. The second-order valence-corrected chi connectivity index (χ2v) is 8.77. The summed E-state index contributed by atoms with van der Waals surface area (Å²) in [7, 11) is 4.08. The van der Waals surface area contributed by atoms with Gasteiger partial charge in [-0.2, -0.15) is 5.10 Å². The van der Waals surface area contributed by atoms with Gasteiger partial charge in [0.1, 0.15) is 22.7 Å². The number of aromatic nitrogens is 6. The second-order valence-electron chi connectivity index (χ2n) is 8.77. The van der Waals surface area contributed by atoms with Crippen molar-refractivity contribution in [3.63, 3.8) is 0 Å². The lowest BCUT2D eigenvalue weighted by molar-refractivity contribution is 0.402. The van der Waals surface area contributed by atoms with Gasteiger partial charge in [-0.1, -0.05) is 18.2 Å². The topological polar surface area (TPSA) is 86.4 Å². The molecule has 172 valence electrons. The summed E-state index contributed by atoms with van der Waals surface area (Å²) >= 11 is 0. The van der Waals surface area contributed by atoms with Gasteiger partial charge < -0.3 is 9.88 Å². The Morgan fingerprint density at radius 1 is 0.914 bits per heavy atom. The third kappa shape index (κ3) is 3.83. The molecule has 0 atom stereocenters. The third-order valence-electron chi connectivity index (χ3n) is 5.94. The van der Waals surface area contributed by atoms with E-state index in [1.807, 2.05) is 38.6 Å². The molecule has 0 spiro atoms. The highest BCUT2D eigenvalue weighted by Crippen LogP contribution is 2.33. The van der Waals surface area contributed by atoms with E-state index in [2.05, 4.69) is 48.2 Å². The van der Waals surface area contributed by atoms with Gasteiger partial charge in [-0.15, -0.1) is 0 Å². The molecule has 0 aliphatic heterocycles. The zero-order valence-electron chi connectivity index (χ0n) is 19.2. The first-order valence-corrected chi connectivity index (χ1v) is 11.2. The van der Waals surface area contributed by atoms with Crippen LogP contribution in [-0.4, -0.2) is 49.1 Å². The van der Waals surface area contributed by atoms with Crippen LogP contribution in [0.25, 0.3) is 55.8 Å². The Hall–Kier alpha value is -4.43. The Balaban J connectivity index is 1.46. The summed E-state index contributed by atoms with van der Waals surface area (Å²) in [5, 5.41) is 8.56. The van der Waals surface area contributed by atoms with Crippen LogP contribution >= 0.6 is 0 Å². The minimum Gasteiger partial charge on any atom is -0.336 e. The number of pyridine rings is 2. The fourth-order valence-electron chi connectivity index (χ4n) is 4.37. The molecule has 2 N–H and O–H groups in total. The second kappa shape index (κ2) is 8.41. The van der Waals surface area contributed by atoms with E-state index in [1.165, 1.54) is 6.07 Å². The van der Waals surface area contributed by atoms with Crippen molar-refractivity contribution in [2.75, 3.05) is 14.1 Å². The summed E-state index contributed by atoms with van der Waals surface area (Å²) in [6, 6.07) is 16.7. The van der Waals surface area contributed by atoms with Crippen molar-refractivity contribution in [2.45, 2.75) is 6.54 Å². The van der Waals surface area contributed by atoms with E-state index in [1.54, 1.807) is 24.4 Å². The molecule has 0 bridgehead atoms. The summed E-state index contributed by atoms with van der Waals surface area (Å²) in [5.74, 6) is 0.255. The zero-order valence-corrected chi connectivity index (χ0v) is 19.2. The van der Waals surface area contributed by atoms with Crippen LogP contribution in [0.1, 0.15) is 5.56 Å². The summed E-state index contributed by atoms with van der Waals surface area (Å²) in [5.41, 5.74) is 7.08. The molecule has 0 aliphatic carbocycles. The van der Waals surface area contributed by atoms with Crippen LogP contribution < -0.4 is 0 Å². The molecule has 0 unspecified atom stereocenters. The first kappa shape index (κ1) is 21.1. The molecule has 35 heavy (non-hydrogen) atoms. The molecule has 2 aromatic carbocycles. The van der Waals surface area contributed by atoms with Gasteiger partial charge in [-0.25, -0.2) is 9.37 Å². The van der Waals surface area contributed by atoms with E-state index >= 15 is 0 Å². The molecule has 4 aromatic heterocycles. The number of halogens is 1. The molecule has 6 rings (SSSR count). The predicted octanol–water partition coefficient (Wildman–Crippen LogP) is 5.43. The van der Waals surface area contributed by atoms with Crippen LogP contribution in [0.3, 0.4) is 0 Å². The number of hydrogen-bond acceptors (Lipinski definition) is 5. The molecule has 8 heteroatoms. The highest BCUT2D eigenvalue weighted by atomic mass is 19.1. The minimum absolute atomic E-state index is 0.336. The molecule has 4 heterocycles. The van der Waals surface area contributed by atoms with Crippen LogP contribution in [0.15, 0.2) is 73.2 Å². The number of aromatic amines is 2. The number of benzene rings is 2. The van der Waals surface area contributed by atoms with Crippen molar-refractivity contribution in [2.24, 2.45) is 0 Å². The molecule has 0 aliphatic rings. The van der Waals surface area contributed by atoms with Gasteiger partial charge in [0.15, 0.2) is 5.82 Å². The monoisotopic (exact) mass is 463 g/mol. The first-order valence-electron chi connectivity index (χ1n) is 11.2. The summed E-state index contributed by atoms with van der Waals surface area (Å²) in [6.45, 7) is 0.817. The number of imidazole rings is 1. The van der Waals surface area contributed by atoms with Gasteiger partial charge in [0.2, 0.25) is 0 Å². The average molecular weight is 464 g/mol. The van der Waals surface area contributed by atoms with Gasteiger partial charge in [0.05, 0.1) is 11.0 Å². The molecular formula is C27H22FN7. The average Bonchev–Trinajstić information content (AvgIpc) is 3.47. The van der Waals surface area contributed by atoms with Gasteiger partial charge in [-0.3, -0.25) is 15.1 Å². The van der Waals surface area contributed by atoms with Crippen molar-refractivity contribution in [1.29, 1.82) is 0 Å². The molecule has 0 amide bonds. The minimum atomic E-state index is -0.336. The van der Waals surface area contributed by atoms with Crippen LogP contribution in [0.4, 0.5) is 4.39 Å². The fraction of sp³-hybridized carbons (Fsp3) is 0.111. The predicted molar refractivity (Wildman–Crippen MR) is 135 cm³/mol. The molecule has 7 nitrogen and oxygen atoms in total. The standard InChI is InChI=1S/C27H22FN7/c1-35(2)15-16-11-18(14-29-13-16)17-7-8-22-20(12-17)25(34-33-22)27-31-23-9-10-30-24(26(23)32-27)19-5-3-4-6-21(19)28/h3-14H,15H2,1-2H3,(H,31,32)(H,33,34). The summed E-state index contributed by atoms with van der Waals surface area (Å²) in [4.78, 5) is 19.1. The smallest absolute Gasteiger partial charge is 0.159 e. The van der Waals surface area contributed by atoms with E-state index in [9.17, 15) is 4.39 Å². The van der Waals surface area contributed by atoms with Crippen LogP contribution in [0.2, 0.25) is 0 Å². The SMILES string of the molecule is CN(C)Cc1cncc(-c2ccc3[nH]nc(-c4nc5c(-c6ccccc6F)nccc5[nH]4)c3c2)c1. The summed E-state index contributed by atoms with van der Waals surface area (Å²) in [6.07, 6.45) is 5.41. The number of H-pyrrole nitrogens is 2. The molecule has 0 fully saturated rings. The van der Waals surface area contributed by atoms with Crippen molar-refractivity contribution >= 4 is 21.9 Å². The fourth-order valence-corrected chi connectivity index (χ4v) is 4.37. The first-order chi connectivity index (χ1) is 17.1. The summed E-state index contributed by atoms with van der Waals surface area (Å²) < 4.78 is 14.5. The quantitative estimate of drug-likeness (QED) is 0.356. The number of fused-ring (bicyclic) bond motifs is 2. The van der Waals surface area contributed by atoms with E-state index in [0.29, 0.717) is 28.3 Å². The zero-order chi connectivity index (χ0) is 23.9. The van der Waals surface area contributed by atoms with Gasteiger partial charge >= 0.3 is 0 Å².